The number of rotatable bonds is 2. The summed E-state index contributed by atoms with van der Waals surface area (Å²) in [6.07, 6.45) is 6.54. The molecule has 0 aliphatic carbocycles. The predicted molar refractivity (Wildman–Crippen MR) is 40.4 cm³/mol. The minimum Gasteiger partial charge on any atom is -0.226 e. The van der Waals surface area contributed by atoms with Crippen LogP contribution in [0.25, 0.3) is 6.20 Å². The molecule has 0 aliphatic heterocycles. The summed E-state index contributed by atoms with van der Waals surface area (Å²) in [6, 6.07) is 0. The van der Waals surface area contributed by atoms with E-state index in [9.17, 15) is 0 Å². The number of aromatic nitrogens is 3. The lowest BCUT2D eigenvalue weighted by molar-refractivity contribution is 0.886. The van der Waals surface area contributed by atoms with Gasteiger partial charge >= 0.3 is 0 Å². The Morgan fingerprint density at radius 1 is 1.70 bits per heavy atom. The molecule has 0 aromatic carbocycles. The predicted octanol–water partition coefficient (Wildman–Crippen LogP) is 1.47. The van der Waals surface area contributed by atoms with E-state index in [2.05, 4.69) is 17.0 Å². The van der Waals surface area contributed by atoms with Crippen LogP contribution in [0.15, 0.2) is 12.4 Å². The summed E-state index contributed by atoms with van der Waals surface area (Å²) < 4.78 is 1.75. The smallest absolute Gasteiger partial charge is 0.138 e. The van der Waals surface area contributed by atoms with E-state index < -0.39 is 0 Å². The van der Waals surface area contributed by atoms with E-state index in [0.29, 0.717) is 0 Å². The summed E-state index contributed by atoms with van der Waals surface area (Å²) in [4.78, 5) is 3.97. The van der Waals surface area contributed by atoms with Crippen molar-refractivity contribution in [3.05, 3.63) is 18.2 Å². The number of allylic oxidation sites excluding steroid dienone is 1. The highest BCUT2D eigenvalue weighted by Crippen LogP contribution is 1.91. The van der Waals surface area contributed by atoms with E-state index in [-0.39, 0.29) is 0 Å². The topological polar surface area (TPSA) is 30.7 Å². The number of aryl methyl sites for hydroxylation is 1. The zero-order valence-electron chi connectivity index (χ0n) is 6.28. The van der Waals surface area contributed by atoms with Crippen molar-refractivity contribution in [2.45, 2.75) is 20.3 Å². The first-order valence-electron chi connectivity index (χ1n) is 3.37. The van der Waals surface area contributed by atoms with E-state index in [1.807, 2.05) is 19.2 Å². The molecule has 0 unspecified atom stereocenters. The van der Waals surface area contributed by atoms with Gasteiger partial charge in [0.15, 0.2) is 0 Å². The summed E-state index contributed by atoms with van der Waals surface area (Å²) in [5.74, 6) is 0.921. The van der Waals surface area contributed by atoms with E-state index >= 15 is 0 Å². The van der Waals surface area contributed by atoms with Crippen LogP contribution < -0.4 is 0 Å². The SMILES string of the molecule is CCC=Cn1ncnc1C. The fourth-order valence-corrected chi connectivity index (χ4v) is 0.659. The number of hydrogen-bond acceptors (Lipinski definition) is 2. The Labute approximate surface area is 60.4 Å². The van der Waals surface area contributed by atoms with E-state index in [4.69, 9.17) is 0 Å². The third-order valence-electron chi connectivity index (χ3n) is 1.23. The van der Waals surface area contributed by atoms with Gasteiger partial charge in [0, 0.05) is 6.20 Å². The van der Waals surface area contributed by atoms with Crippen LogP contribution in [0.2, 0.25) is 0 Å². The van der Waals surface area contributed by atoms with Crippen LogP contribution in [-0.2, 0) is 0 Å². The highest BCUT2D eigenvalue weighted by molar-refractivity contribution is 5.20. The molecule has 0 amide bonds. The minimum absolute atomic E-state index is 0.921. The highest BCUT2D eigenvalue weighted by atomic mass is 15.3. The van der Waals surface area contributed by atoms with Gasteiger partial charge in [0.05, 0.1) is 0 Å². The largest absolute Gasteiger partial charge is 0.226 e. The number of nitrogens with zero attached hydrogens (tertiary/aromatic N) is 3. The molecule has 54 valence electrons. The maximum atomic E-state index is 3.97. The van der Waals surface area contributed by atoms with Crippen molar-refractivity contribution in [2.24, 2.45) is 0 Å². The molecule has 1 rings (SSSR count). The van der Waals surface area contributed by atoms with Crippen LogP contribution in [0.5, 0.6) is 0 Å². The molecule has 3 nitrogen and oxygen atoms in total. The number of hydrogen-bond donors (Lipinski definition) is 0. The van der Waals surface area contributed by atoms with Gasteiger partial charge in [0.25, 0.3) is 0 Å². The molecule has 0 saturated heterocycles. The van der Waals surface area contributed by atoms with E-state index in [1.54, 1.807) is 11.0 Å². The minimum atomic E-state index is 0.921. The average Bonchev–Trinajstić information content (AvgIpc) is 2.31. The molecule has 10 heavy (non-hydrogen) atoms. The van der Waals surface area contributed by atoms with Crippen LogP contribution >= 0.6 is 0 Å². The molecule has 0 radical (unpaired) electrons. The third kappa shape index (κ3) is 1.43. The van der Waals surface area contributed by atoms with Crippen LogP contribution in [-0.4, -0.2) is 14.8 Å². The molecule has 1 aromatic rings. The van der Waals surface area contributed by atoms with Crippen LogP contribution in [0.3, 0.4) is 0 Å². The van der Waals surface area contributed by atoms with Crippen molar-refractivity contribution in [1.29, 1.82) is 0 Å². The van der Waals surface area contributed by atoms with Gasteiger partial charge in [-0.05, 0) is 13.3 Å². The van der Waals surface area contributed by atoms with Gasteiger partial charge < -0.3 is 0 Å². The highest BCUT2D eigenvalue weighted by Gasteiger charge is 1.89. The van der Waals surface area contributed by atoms with Crippen molar-refractivity contribution < 1.29 is 0 Å². The van der Waals surface area contributed by atoms with Gasteiger partial charge in [-0.25, -0.2) is 9.67 Å². The van der Waals surface area contributed by atoms with Gasteiger partial charge in [-0.1, -0.05) is 13.0 Å². The lowest BCUT2D eigenvalue weighted by atomic mass is 10.5. The van der Waals surface area contributed by atoms with Gasteiger partial charge in [-0.3, -0.25) is 0 Å². The molecule has 0 saturated carbocycles. The molecule has 0 fully saturated rings. The van der Waals surface area contributed by atoms with Crippen molar-refractivity contribution in [2.75, 3.05) is 0 Å². The maximum absolute atomic E-state index is 3.97. The third-order valence-corrected chi connectivity index (χ3v) is 1.23. The Kier molecular flexibility index (Phi) is 2.20. The van der Waals surface area contributed by atoms with Crippen molar-refractivity contribution in [3.63, 3.8) is 0 Å². The summed E-state index contributed by atoms with van der Waals surface area (Å²) >= 11 is 0. The molecular formula is C7H11N3. The molecule has 1 aromatic heterocycles. The maximum Gasteiger partial charge on any atom is 0.138 e. The lowest BCUT2D eigenvalue weighted by Gasteiger charge is -1.90. The molecule has 0 spiro atoms. The Bertz CT molecular complexity index is 225. The standard InChI is InChI=1S/C7H11N3/c1-3-4-5-10-7(2)8-6-9-10/h4-6H,3H2,1-2H3. The zero-order valence-corrected chi connectivity index (χ0v) is 6.28. The summed E-state index contributed by atoms with van der Waals surface area (Å²) in [7, 11) is 0. The van der Waals surface area contributed by atoms with Crippen LogP contribution in [0, 0.1) is 6.92 Å². The average molecular weight is 137 g/mol. The molecule has 0 bridgehead atoms. The first kappa shape index (κ1) is 6.99. The quantitative estimate of drug-likeness (QED) is 0.618. The fraction of sp³-hybridized carbons (Fsp3) is 0.429. The Hall–Kier alpha value is -1.12. The second-order valence-corrected chi connectivity index (χ2v) is 2.04. The molecule has 3 heteroatoms. The summed E-state index contributed by atoms with van der Waals surface area (Å²) in [6.45, 7) is 4.01. The fourth-order valence-electron chi connectivity index (χ4n) is 0.659. The van der Waals surface area contributed by atoms with Gasteiger partial charge in [-0.15, -0.1) is 0 Å². The Morgan fingerprint density at radius 3 is 3.00 bits per heavy atom. The van der Waals surface area contributed by atoms with E-state index in [0.717, 1.165) is 12.2 Å². The second-order valence-electron chi connectivity index (χ2n) is 2.04. The van der Waals surface area contributed by atoms with Crippen molar-refractivity contribution in [1.82, 2.24) is 14.8 Å². The summed E-state index contributed by atoms with van der Waals surface area (Å²) in [5.41, 5.74) is 0. The first-order valence-corrected chi connectivity index (χ1v) is 3.37. The molecule has 0 N–H and O–H groups in total. The second kappa shape index (κ2) is 3.15. The lowest BCUT2D eigenvalue weighted by Crippen LogP contribution is -1.90. The normalized spacial score (nSPS) is 11.0. The van der Waals surface area contributed by atoms with Gasteiger partial charge in [-0.2, -0.15) is 5.10 Å². The van der Waals surface area contributed by atoms with Crippen molar-refractivity contribution in [3.8, 4) is 0 Å². The molecule has 0 atom stereocenters. The monoisotopic (exact) mass is 137 g/mol. The van der Waals surface area contributed by atoms with Crippen LogP contribution in [0.4, 0.5) is 0 Å². The molecule has 0 aliphatic rings. The molecule has 1 heterocycles. The van der Waals surface area contributed by atoms with Crippen molar-refractivity contribution >= 4 is 6.20 Å². The van der Waals surface area contributed by atoms with Gasteiger partial charge in [0.1, 0.15) is 12.2 Å². The van der Waals surface area contributed by atoms with Gasteiger partial charge in [0.2, 0.25) is 0 Å². The Balaban J connectivity index is 2.74. The van der Waals surface area contributed by atoms with E-state index in [1.165, 1.54) is 0 Å². The molecular weight excluding hydrogens is 126 g/mol. The summed E-state index contributed by atoms with van der Waals surface area (Å²) in [5, 5.41) is 3.97. The zero-order chi connectivity index (χ0) is 7.40. The Morgan fingerprint density at radius 2 is 2.50 bits per heavy atom. The van der Waals surface area contributed by atoms with Crippen LogP contribution in [0.1, 0.15) is 19.2 Å². The first-order chi connectivity index (χ1) is 4.84.